The highest BCUT2D eigenvalue weighted by molar-refractivity contribution is 5.63. The Hall–Kier alpha value is -2.07. The van der Waals surface area contributed by atoms with E-state index < -0.39 is 5.41 Å². The average molecular weight is 343 g/mol. The van der Waals surface area contributed by atoms with Gasteiger partial charge in [-0.15, -0.1) is 0 Å². The third-order valence-corrected chi connectivity index (χ3v) is 5.13. The highest BCUT2D eigenvalue weighted by Gasteiger charge is 2.44. The van der Waals surface area contributed by atoms with Crippen molar-refractivity contribution in [3.63, 3.8) is 0 Å². The van der Waals surface area contributed by atoms with E-state index in [1.54, 1.807) is 6.07 Å². The third-order valence-electron chi connectivity index (χ3n) is 5.13. The molecule has 0 saturated carbocycles. The fraction of sp³-hybridized carbons (Fsp3) is 0.429. The van der Waals surface area contributed by atoms with Crippen molar-refractivity contribution < 1.29 is 14.2 Å². The Morgan fingerprint density at radius 1 is 1.16 bits per heavy atom. The van der Waals surface area contributed by atoms with E-state index in [2.05, 4.69) is 24.9 Å². The van der Waals surface area contributed by atoms with Gasteiger partial charge in [0.2, 0.25) is 0 Å². The largest absolute Gasteiger partial charge is 0.492 e. The SMILES string of the molecule is CCCCCN(C)c1ccccc1C1(CO)COc2ccc(F)cc21. The molecule has 0 spiro atoms. The Morgan fingerprint density at radius 3 is 2.72 bits per heavy atom. The lowest BCUT2D eigenvalue weighted by Gasteiger charge is -2.32. The number of halogens is 1. The molecule has 0 saturated heterocycles. The zero-order valence-electron chi connectivity index (χ0n) is 15.0. The van der Waals surface area contributed by atoms with Crippen molar-refractivity contribution in [1.82, 2.24) is 0 Å². The molecule has 1 aliphatic heterocycles. The van der Waals surface area contributed by atoms with Crippen molar-refractivity contribution in [2.45, 2.75) is 31.6 Å². The molecule has 0 aliphatic carbocycles. The van der Waals surface area contributed by atoms with E-state index >= 15 is 0 Å². The van der Waals surface area contributed by atoms with Crippen LogP contribution in [-0.4, -0.2) is 31.9 Å². The number of fused-ring (bicyclic) bond motifs is 1. The predicted octanol–water partition coefficient (Wildman–Crippen LogP) is 4.12. The summed E-state index contributed by atoms with van der Waals surface area (Å²) >= 11 is 0. The van der Waals surface area contributed by atoms with E-state index in [9.17, 15) is 9.50 Å². The lowest BCUT2D eigenvalue weighted by atomic mass is 9.75. The minimum Gasteiger partial charge on any atom is -0.492 e. The van der Waals surface area contributed by atoms with Crippen LogP contribution in [-0.2, 0) is 5.41 Å². The van der Waals surface area contributed by atoms with E-state index in [0.29, 0.717) is 12.4 Å². The molecule has 25 heavy (non-hydrogen) atoms. The van der Waals surface area contributed by atoms with Gasteiger partial charge < -0.3 is 14.7 Å². The van der Waals surface area contributed by atoms with Crippen LogP contribution in [0.4, 0.5) is 10.1 Å². The van der Waals surface area contributed by atoms with Gasteiger partial charge in [-0.2, -0.15) is 0 Å². The second kappa shape index (κ2) is 7.44. The van der Waals surface area contributed by atoms with Crippen LogP contribution in [0.25, 0.3) is 0 Å². The first kappa shape index (κ1) is 17.7. The van der Waals surface area contributed by atoms with Crippen molar-refractivity contribution in [2.24, 2.45) is 0 Å². The van der Waals surface area contributed by atoms with Crippen LogP contribution in [0.2, 0.25) is 0 Å². The molecule has 1 atom stereocenters. The van der Waals surface area contributed by atoms with Gasteiger partial charge in [0.05, 0.1) is 12.0 Å². The van der Waals surface area contributed by atoms with Gasteiger partial charge in [0.15, 0.2) is 0 Å². The third kappa shape index (κ3) is 3.23. The maximum absolute atomic E-state index is 13.9. The zero-order valence-corrected chi connectivity index (χ0v) is 15.0. The summed E-state index contributed by atoms with van der Waals surface area (Å²) in [6, 6.07) is 12.6. The summed E-state index contributed by atoms with van der Waals surface area (Å²) in [5.74, 6) is 0.342. The van der Waals surface area contributed by atoms with Crippen molar-refractivity contribution in [2.75, 3.05) is 31.7 Å². The lowest BCUT2D eigenvalue weighted by molar-refractivity contribution is 0.185. The summed E-state index contributed by atoms with van der Waals surface area (Å²) in [5.41, 5.74) is 2.05. The monoisotopic (exact) mass is 343 g/mol. The first-order chi connectivity index (χ1) is 12.1. The quantitative estimate of drug-likeness (QED) is 0.768. The van der Waals surface area contributed by atoms with Crippen molar-refractivity contribution in [1.29, 1.82) is 0 Å². The summed E-state index contributed by atoms with van der Waals surface area (Å²) in [4.78, 5) is 2.22. The molecular formula is C21H26FNO2. The summed E-state index contributed by atoms with van der Waals surface area (Å²) in [6.07, 6.45) is 3.49. The Labute approximate surface area is 149 Å². The summed E-state index contributed by atoms with van der Waals surface area (Å²) < 4.78 is 19.7. The van der Waals surface area contributed by atoms with E-state index in [-0.39, 0.29) is 12.4 Å². The summed E-state index contributed by atoms with van der Waals surface area (Å²) in [5, 5.41) is 10.3. The molecule has 2 aromatic carbocycles. The number of aliphatic hydroxyl groups excluding tert-OH is 1. The average Bonchev–Trinajstić information content (AvgIpc) is 3.00. The molecule has 3 nitrogen and oxygen atoms in total. The van der Waals surface area contributed by atoms with Crippen molar-refractivity contribution >= 4 is 5.69 Å². The highest BCUT2D eigenvalue weighted by Crippen LogP contribution is 2.46. The van der Waals surface area contributed by atoms with Gasteiger partial charge in [0.1, 0.15) is 18.2 Å². The number of para-hydroxylation sites is 1. The molecule has 1 aliphatic rings. The smallest absolute Gasteiger partial charge is 0.123 e. The number of rotatable bonds is 7. The number of nitrogens with zero attached hydrogens (tertiary/aromatic N) is 1. The normalized spacial score (nSPS) is 18.7. The van der Waals surface area contributed by atoms with E-state index in [0.717, 1.165) is 29.8 Å². The van der Waals surface area contributed by atoms with Crippen molar-refractivity contribution in [3.8, 4) is 5.75 Å². The zero-order chi connectivity index (χ0) is 17.9. The molecule has 0 amide bonds. The number of benzene rings is 2. The van der Waals surface area contributed by atoms with Gasteiger partial charge in [-0.1, -0.05) is 38.0 Å². The maximum atomic E-state index is 13.9. The van der Waals surface area contributed by atoms with Crippen LogP contribution < -0.4 is 9.64 Å². The minimum absolute atomic E-state index is 0.122. The van der Waals surface area contributed by atoms with E-state index in [1.165, 1.54) is 25.0 Å². The fourth-order valence-corrected chi connectivity index (χ4v) is 3.65. The standard InChI is InChI=1S/C21H26FNO2/c1-3-4-7-12-23(2)19-9-6-5-8-17(19)21(14-24)15-25-20-11-10-16(22)13-18(20)21/h5-6,8-11,13,24H,3-4,7,12,14-15H2,1-2H3. The fourth-order valence-electron chi connectivity index (χ4n) is 3.65. The number of hydrogen-bond acceptors (Lipinski definition) is 3. The van der Waals surface area contributed by atoms with Crippen LogP contribution in [0.15, 0.2) is 42.5 Å². The first-order valence-electron chi connectivity index (χ1n) is 8.96. The van der Waals surface area contributed by atoms with Crippen molar-refractivity contribution in [3.05, 3.63) is 59.4 Å². The van der Waals surface area contributed by atoms with Crippen LogP contribution in [0, 0.1) is 5.82 Å². The molecule has 1 unspecified atom stereocenters. The molecule has 2 aromatic rings. The first-order valence-corrected chi connectivity index (χ1v) is 8.96. The van der Waals surface area contributed by atoms with E-state index in [1.807, 2.05) is 18.2 Å². The Bertz CT molecular complexity index is 734. The number of anilines is 1. The molecule has 3 rings (SSSR count). The highest BCUT2D eigenvalue weighted by atomic mass is 19.1. The predicted molar refractivity (Wildman–Crippen MR) is 99.0 cm³/mol. The van der Waals surface area contributed by atoms with Gasteiger partial charge in [-0.25, -0.2) is 4.39 Å². The number of unbranched alkanes of at least 4 members (excludes halogenated alkanes) is 2. The summed E-state index contributed by atoms with van der Waals surface area (Å²) in [6.45, 7) is 3.34. The number of ether oxygens (including phenoxy) is 1. The van der Waals surface area contributed by atoms with Crippen LogP contribution >= 0.6 is 0 Å². The minimum atomic E-state index is -0.729. The molecule has 1 heterocycles. The van der Waals surface area contributed by atoms with Gasteiger partial charge in [-0.3, -0.25) is 0 Å². The van der Waals surface area contributed by atoms with Gasteiger partial charge in [0, 0.05) is 24.8 Å². The van der Waals surface area contributed by atoms with Gasteiger partial charge in [-0.05, 0) is 36.2 Å². The molecule has 0 bridgehead atoms. The molecule has 0 aromatic heterocycles. The van der Waals surface area contributed by atoms with Gasteiger partial charge >= 0.3 is 0 Å². The van der Waals surface area contributed by atoms with E-state index in [4.69, 9.17) is 4.74 Å². The van der Waals surface area contributed by atoms with Gasteiger partial charge in [0.25, 0.3) is 0 Å². The second-order valence-corrected chi connectivity index (χ2v) is 6.82. The van der Waals surface area contributed by atoms with Crippen LogP contribution in [0.3, 0.4) is 0 Å². The lowest BCUT2D eigenvalue weighted by Crippen LogP contribution is -2.36. The number of aliphatic hydroxyl groups is 1. The number of hydrogen-bond donors (Lipinski definition) is 1. The topological polar surface area (TPSA) is 32.7 Å². The molecule has 0 fully saturated rings. The maximum Gasteiger partial charge on any atom is 0.123 e. The molecule has 4 heteroatoms. The second-order valence-electron chi connectivity index (χ2n) is 6.82. The molecular weight excluding hydrogens is 317 g/mol. The summed E-state index contributed by atoms with van der Waals surface area (Å²) in [7, 11) is 2.07. The molecule has 1 N–H and O–H groups in total. The van der Waals surface area contributed by atoms with Crippen LogP contribution in [0.1, 0.15) is 37.3 Å². The molecule has 0 radical (unpaired) electrons. The Kier molecular flexibility index (Phi) is 5.28. The Balaban J connectivity index is 2.03. The molecule has 134 valence electrons. The van der Waals surface area contributed by atoms with Crippen LogP contribution in [0.5, 0.6) is 5.75 Å². The Morgan fingerprint density at radius 2 is 1.96 bits per heavy atom.